The molecule has 0 radical (unpaired) electrons. The first-order valence-electron chi connectivity index (χ1n) is 9.98. The summed E-state index contributed by atoms with van der Waals surface area (Å²) in [6.07, 6.45) is 0.498. The molecule has 2 rings (SSSR count). The van der Waals surface area contributed by atoms with Gasteiger partial charge in [-0.05, 0) is 36.6 Å². The van der Waals surface area contributed by atoms with E-state index in [1.165, 1.54) is 23.9 Å². The third-order valence-corrected chi connectivity index (χ3v) is 5.89. The molecule has 0 spiro atoms. The van der Waals surface area contributed by atoms with Crippen LogP contribution in [0.5, 0.6) is 0 Å². The summed E-state index contributed by atoms with van der Waals surface area (Å²) in [6.45, 7) is 4.53. The number of nitrogens with one attached hydrogen (secondary N) is 1. The van der Waals surface area contributed by atoms with Crippen molar-refractivity contribution in [1.82, 2.24) is 10.2 Å². The minimum absolute atomic E-state index is 0.0340. The zero-order valence-electron chi connectivity index (χ0n) is 17.5. The number of benzene rings is 2. The van der Waals surface area contributed by atoms with Crippen molar-refractivity contribution in [2.45, 2.75) is 38.6 Å². The quantitative estimate of drug-likeness (QED) is 0.393. The van der Waals surface area contributed by atoms with Crippen molar-refractivity contribution >= 4 is 40.9 Å². The Labute approximate surface area is 191 Å². The maximum Gasteiger partial charge on any atom is 0.269 e. The number of hydrogen-bond donors (Lipinski definition) is 1. The highest BCUT2D eigenvalue weighted by Gasteiger charge is 2.28. The van der Waals surface area contributed by atoms with Crippen molar-refractivity contribution in [3.63, 3.8) is 0 Å². The van der Waals surface area contributed by atoms with E-state index in [0.717, 1.165) is 11.1 Å². The van der Waals surface area contributed by atoms with Crippen LogP contribution in [0.3, 0.4) is 0 Å². The van der Waals surface area contributed by atoms with Gasteiger partial charge in [-0.3, -0.25) is 19.7 Å². The second-order valence-corrected chi connectivity index (χ2v) is 8.31. The lowest BCUT2D eigenvalue weighted by molar-refractivity contribution is -0.384. The van der Waals surface area contributed by atoms with E-state index < -0.39 is 11.0 Å². The SMILES string of the molecule is CCNC(=O)[C@H](CC)N(Cc1ccc(Cl)cc1)C(=O)CSCc1ccc([N+](=O)[O-])cc1. The van der Waals surface area contributed by atoms with Gasteiger partial charge in [-0.2, -0.15) is 0 Å². The van der Waals surface area contributed by atoms with Crippen molar-refractivity contribution in [3.05, 3.63) is 74.8 Å². The number of non-ortho nitro benzene ring substituents is 1. The van der Waals surface area contributed by atoms with Gasteiger partial charge in [0.05, 0.1) is 10.7 Å². The molecule has 2 aromatic rings. The van der Waals surface area contributed by atoms with Crippen LogP contribution in [0.1, 0.15) is 31.4 Å². The van der Waals surface area contributed by atoms with Crippen molar-refractivity contribution in [3.8, 4) is 0 Å². The van der Waals surface area contributed by atoms with Crippen molar-refractivity contribution in [2.75, 3.05) is 12.3 Å². The zero-order chi connectivity index (χ0) is 22.8. The van der Waals surface area contributed by atoms with E-state index in [4.69, 9.17) is 11.6 Å². The molecule has 2 amide bonds. The van der Waals surface area contributed by atoms with Crippen molar-refractivity contribution in [2.24, 2.45) is 0 Å². The highest BCUT2D eigenvalue weighted by atomic mass is 35.5. The second-order valence-electron chi connectivity index (χ2n) is 6.88. The minimum Gasteiger partial charge on any atom is -0.355 e. The Bertz CT molecular complexity index is 891. The first-order chi connectivity index (χ1) is 14.8. The van der Waals surface area contributed by atoms with Gasteiger partial charge in [0, 0.05) is 36.0 Å². The summed E-state index contributed by atoms with van der Waals surface area (Å²) >= 11 is 7.37. The summed E-state index contributed by atoms with van der Waals surface area (Å²) < 4.78 is 0. The number of nitrogens with zero attached hydrogens (tertiary/aromatic N) is 2. The van der Waals surface area contributed by atoms with Gasteiger partial charge in [0.2, 0.25) is 11.8 Å². The van der Waals surface area contributed by atoms with Crippen LogP contribution in [-0.2, 0) is 21.9 Å². The Kier molecular flexibility index (Phi) is 9.81. The predicted molar refractivity (Wildman–Crippen MR) is 124 cm³/mol. The van der Waals surface area contributed by atoms with Gasteiger partial charge in [0.1, 0.15) is 6.04 Å². The van der Waals surface area contributed by atoms with E-state index in [9.17, 15) is 19.7 Å². The van der Waals surface area contributed by atoms with Crippen LogP contribution in [0, 0.1) is 10.1 Å². The summed E-state index contributed by atoms with van der Waals surface area (Å²) in [5.74, 6) is 0.421. The Morgan fingerprint density at radius 1 is 1.10 bits per heavy atom. The Balaban J connectivity index is 2.07. The molecule has 166 valence electrons. The van der Waals surface area contributed by atoms with Gasteiger partial charge in [-0.15, -0.1) is 11.8 Å². The van der Waals surface area contributed by atoms with E-state index in [1.54, 1.807) is 29.2 Å². The molecule has 0 saturated heterocycles. The molecule has 0 saturated carbocycles. The monoisotopic (exact) mass is 463 g/mol. The Hall–Kier alpha value is -2.58. The number of rotatable bonds is 11. The third-order valence-electron chi connectivity index (χ3n) is 4.64. The number of carbonyl (C=O) groups is 2. The number of hydrogen-bond acceptors (Lipinski definition) is 5. The molecule has 7 nitrogen and oxygen atoms in total. The second kappa shape index (κ2) is 12.3. The molecular formula is C22H26ClN3O4S. The van der Waals surface area contributed by atoms with Crippen molar-refractivity contribution in [1.29, 1.82) is 0 Å². The van der Waals surface area contributed by atoms with Crippen LogP contribution in [0.15, 0.2) is 48.5 Å². The van der Waals surface area contributed by atoms with E-state index in [-0.39, 0.29) is 23.3 Å². The lowest BCUT2D eigenvalue weighted by Gasteiger charge is -2.30. The van der Waals surface area contributed by atoms with E-state index in [1.807, 2.05) is 26.0 Å². The Morgan fingerprint density at radius 3 is 2.26 bits per heavy atom. The molecule has 1 N–H and O–H groups in total. The van der Waals surface area contributed by atoms with E-state index >= 15 is 0 Å². The molecule has 0 aliphatic rings. The topological polar surface area (TPSA) is 92.6 Å². The van der Waals surface area contributed by atoms with E-state index in [2.05, 4.69) is 5.32 Å². The third kappa shape index (κ3) is 7.56. The van der Waals surface area contributed by atoms with E-state index in [0.29, 0.717) is 30.3 Å². The molecule has 0 fully saturated rings. The van der Waals surface area contributed by atoms with Gasteiger partial charge in [0.25, 0.3) is 5.69 Å². The van der Waals surface area contributed by atoms with Gasteiger partial charge in [-0.25, -0.2) is 0 Å². The number of amides is 2. The smallest absolute Gasteiger partial charge is 0.269 e. The minimum atomic E-state index is -0.567. The molecule has 0 unspecified atom stereocenters. The van der Waals surface area contributed by atoms with Crippen LogP contribution < -0.4 is 5.32 Å². The predicted octanol–water partition coefficient (Wildman–Crippen LogP) is 4.42. The van der Waals surface area contributed by atoms with Crippen LogP contribution in [0.2, 0.25) is 5.02 Å². The number of likely N-dealkylation sites (N-methyl/N-ethyl adjacent to an activating group) is 1. The first-order valence-corrected chi connectivity index (χ1v) is 11.5. The van der Waals surface area contributed by atoms with Crippen LogP contribution in [-0.4, -0.2) is 40.0 Å². The molecule has 0 aliphatic carbocycles. The van der Waals surface area contributed by atoms with Crippen LogP contribution in [0.4, 0.5) is 5.69 Å². The summed E-state index contributed by atoms with van der Waals surface area (Å²) in [6, 6.07) is 12.9. The Morgan fingerprint density at radius 2 is 1.71 bits per heavy atom. The van der Waals surface area contributed by atoms with Gasteiger partial charge >= 0.3 is 0 Å². The van der Waals surface area contributed by atoms with Gasteiger partial charge < -0.3 is 10.2 Å². The largest absolute Gasteiger partial charge is 0.355 e. The summed E-state index contributed by atoms with van der Waals surface area (Å²) in [5, 5.41) is 14.2. The molecule has 0 aromatic heterocycles. The summed E-state index contributed by atoms with van der Waals surface area (Å²) in [5.41, 5.74) is 1.82. The average molecular weight is 464 g/mol. The average Bonchev–Trinajstić information content (AvgIpc) is 2.75. The fraction of sp³-hybridized carbons (Fsp3) is 0.364. The number of carbonyl (C=O) groups excluding carboxylic acids is 2. The molecule has 31 heavy (non-hydrogen) atoms. The molecule has 0 heterocycles. The zero-order valence-corrected chi connectivity index (χ0v) is 19.1. The van der Waals surface area contributed by atoms with Crippen molar-refractivity contribution < 1.29 is 14.5 Å². The van der Waals surface area contributed by atoms with Gasteiger partial charge in [-0.1, -0.05) is 42.8 Å². The number of thioether (sulfide) groups is 1. The fourth-order valence-electron chi connectivity index (χ4n) is 3.05. The normalized spacial score (nSPS) is 11.6. The molecule has 9 heteroatoms. The first kappa shape index (κ1) is 24.7. The highest BCUT2D eigenvalue weighted by Crippen LogP contribution is 2.20. The maximum absolute atomic E-state index is 13.1. The standard InChI is InChI=1S/C22H26ClN3O4S/c1-3-20(22(28)24-4-2)25(13-16-5-9-18(23)10-6-16)21(27)15-31-14-17-7-11-19(12-8-17)26(29)30/h5-12,20H,3-4,13-15H2,1-2H3,(H,24,28)/t20-/m0/s1. The molecule has 2 aromatic carbocycles. The van der Waals surface area contributed by atoms with Crippen LogP contribution >= 0.6 is 23.4 Å². The number of nitro benzene ring substituents is 1. The number of halogens is 1. The molecule has 0 aliphatic heterocycles. The van der Waals surface area contributed by atoms with Crippen LogP contribution in [0.25, 0.3) is 0 Å². The summed E-state index contributed by atoms with van der Waals surface area (Å²) in [4.78, 5) is 37.6. The summed E-state index contributed by atoms with van der Waals surface area (Å²) in [7, 11) is 0. The maximum atomic E-state index is 13.1. The lowest BCUT2D eigenvalue weighted by atomic mass is 10.1. The van der Waals surface area contributed by atoms with Gasteiger partial charge in [0.15, 0.2) is 0 Å². The molecule has 1 atom stereocenters. The highest BCUT2D eigenvalue weighted by molar-refractivity contribution is 7.99. The fourth-order valence-corrected chi connectivity index (χ4v) is 4.05. The molecule has 0 bridgehead atoms. The molecular weight excluding hydrogens is 438 g/mol. The lowest BCUT2D eigenvalue weighted by Crippen LogP contribution is -2.49. The number of nitro groups is 1.